The Morgan fingerprint density at radius 3 is 2.45 bits per heavy atom. The molecule has 0 spiro atoms. The Bertz CT molecular complexity index is 780. The fourth-order valence-electron chi connectivity index (χ4n) is 2.05. The summed E-state index contributed by atoms with van der Waals surface area (Å²) < 4.78 is 5.31. The number of benzene rings is 1. The van der Waals surface area contributed by atoms with Crippen LogP contribution in [0.5, 0.6) is 0 Å². The fourth-order valence-corrected chi connectivity index (χ4v) is 2.05. The van der Waals surface area contributed by atoms with E-state index >= 15 is 0 Å². The number of anilines is 1. The Morgan fingerprint density at radius 2 is 1.80 bits per heavy atom. The van der Waals surface area contributed by atoms with Crippen molar-refractivity contribution in [3.05, 3.63) is 58.5 Å². The van der Waals surface area contributed by atoms with Gasteiger partial charge in [-0.3, -0.25) is 4.79 Å². The van der Waals surface area contributed by atoms with E-state index in [1.807, 2.05) is 31.2 Å². The van der Waals surface area contributed by atoms with Crippen molar-refractivity contribution in [2.75, 3.05) is 5.73 Å². The van der Waals surface area contributed by atoms with Crippen LogP contribution < -0.4 is 11.3 Å². The first-order chi connectivity index (χ1) is 9.65. The van der Waals surface area contributed by atoms with Gasteiger partial charge in [0.2, 0.25) is 5.56 Å². The summed E-state index contributed by atoms with van der Waals surface area (Å²) in [5, 5.41) is 3.82. The molecule has 3 N–H and O–H groups in total. The molecule has 5 heteroatoms. The van der Waals surface area contributed by atoms with E-state index < -0.39 is 0 Å². The van der Waals surface area contributed by atoms with Crippen molar-refractivity contribution < 1.29 is 4.52 Å². The first-order valence-corrected chi connectivity index (χ1v) is 6.16. The van der Waals surface area contributed by atoms with Gasteiger partial charge in [-0.25, -0.2) is 0 Å². The zero-order valence-electron chi connectivity index (χ0n) is 10.9. The van der Waals surface area contributed by atoms with Crippen LogP contribution in [0.3, 0.4) is 0 Å². The molecule has 0 radical (unpaired) electrons. The maximum Gasteiger partial charge on any atom is 0.247 e. The molecule has 3 aromatic rings. The Hall–Kier alpha value is -2.82. The minimum atomic E-state index is -0.168. The van der Waals surface area contributed by atoms with Crippen molar-refractivity contribution in [3.63, 3.8) is 0 Å². The third kappa shape index (κ3) is 2.09. The van der Waals surface area contributed by atoms with E-state index in [9.17, 15) is 4.79 Å². The molecular formula is C15H13N3O2. The zero-order chi connectivity index (χ0) is 14.1. The summed E-state index contributed by atoms with van der Waals surface area (Å²) in [5.41, 5.74) is 9.28. The Kier molecular flexibility index (Phi) is 2.87. The second-order valence-electron chi connectivity index (χ2n) is 4.58. The number of aromatic nitrogens is 2. The summed E-state index contributed by atoms with van der Waals surface area (Å²) in [5.74, 6) is 0.873. The normalized spacial score (nSPS) is 10.7. The second kappa shape index (κ2) is 4.70. The number of rotatable bonds is 2. The van der Waals surface area contributed by atoms with Gasteiger partial charge >= 0.3 is 0 Å². The van der Waals surface area contributed by atoms with Crippen LogP contribution in [0.4, 0.5) is 5.82 Å². The number of aromatic amines is 1. The van der Waals surface area contributed by atoms with E-state index in [0.717, 1.165) is 22.3 Å². The zero-order valence-corrected chi connectivity index (χ0v) is 10.9. The highest BCUT2D eigenvalue weighted by atomic mass is 16.5. The van der Waals surface area contributed by atoms with E-state index in [4.69, 9.17) is 10.3 Å². The number of nitrogens with two attached hydrogens (primary N) is 1. The number of aryl methyl sites for hydroxylation is 1. The molecule has 0 saturated carbocycles. The SMILES string of the molecule is Cc1ccc(-c2c(N)noc2-c2ccc(=O)[nH]c2)cc1. The van der Waals surface area contributed by atoms with Crippen molar-refractivity contribution in [1.29, 1.82) is 0 Å². The van der Waals surface area contributed by atoms with Gasteiger partial charge < -0.3 is 15.2 Å². The molecule has 0 aliphatic rings. The largest absolute Gasteiger partial charge is 0.380 e. The summed E-state index contributed by atoms with van der Waals surface area (Å²) in [7, 11) is 0. The van der Waals surface area contributed by atoms with Crippen LogP contribution in [-0.2, 0) is 0 Å². The minimum absolute atomic E-state index is 0.168. The minimum Gasteiger partial charge on any atom is -0.380 e. The Morgan fingerprint density at radius 1 is 1.10 bits per heavy atom. The first-order valence-electron chi connectivity index (χ1n) is 6.16. The molecule has 5 nitrogen and oxygen atoms in total. The lowest BCUT2D eigenvalue weighted by Crippen LogP contribution is -2.01. The summed E-state index contributed by atoms with van der Waals surface area (Å²) in [4.78, 5) is 13.7. The molecular weight excluding hydrogens is 254 g/mol. The predicted molar refractivity (Wildman–Crippen MR) is 77.1 cm³/mol. The van der Waals surface area contributed by atoms with Crippen LogP contribution in [-0.4, -0.2) is 10.1 Å². The summed E-state index contributed by atoms with van der Waals surface area (Å²) in [6.07, 6.45) is 1.58. The maximum absolute atomic E-state index is 11.1. The highest BCUT2D eigenvalue weighted by Crippen LogP contribution is 2.35. The summed E-state index contributed by atoms with van der Waals surface area (Å²) in [6.45, 7) is 2.02. The third-order valence-electron chi connectivity index (χ3n) is 3.11. The molecule has 0 saturated heterocycles. The number of nitrogens with zero attached hydrogens (tertiary/aromatic N) is 1. The number of hydrogen-bond acceptors (Lipinski definition) is 4. The van der Waals surface area contributed by atoms with Gasteiger partial charge in [-0.15, -0.1) is 0 Å². The van der Waals surface area contributed by atoms with E-state index in [2.05, 4.69) is 10.1 Å². The molecule has 0 aliphatic heterocycles. The topological polar surface area (TPSA) is 84.9 Å². The first kappa shape index (κ1) is 12.2. The molecule has 20 heavy (non-hydrogen) atoms. The van der Waals surface area contributed by atoms with Crippen LogP contribution in [0.15, 0.2) is 51.9 Å². The summed E-state index contributed by atoms with van der Waals surface area (Å²) >= 11 is 0. The average molecular weight is 267 g/mol. The molecule has 2 heterocycles. The number of H-pyrrole nitrogens is 1. The van der Waals surface area contributed by atoms with Crippen LogP contribution in [0, 0.1) is 6.92 Å². The number of hydrogen-bond donors (Lipinski definition) is 2. The summed E-state index contributed by atoms with van der Waals surface area (Å²) in [6, 6.07) is 11.0. The number of nitrogen functional groups attached to an aromatic ring is 1. The maximum atomic E-state index is 11.1. The standard InChI is InChI=1S/C15H13N3O2/c1-9-2-4-10(5-3-9)13-14(20-18-15(13)16)11-6-7-12(19)17-8-11/h2-8H,1H3,(H2,16,18)(H,17,19). The lowest BCUT2D eigenvalue weighted by molar-refractivity contribution is 0.436. The number of pyridine rings is 1. The van der Waals surface area contributed by atoms with Gasteiger partial charge in [0, 0.05) is 17.8 Å². The van der Waals surface area contributed by atoms with Crippen LogP contribution >= 0.6 is 0 Å². The molecule has 0 aliphatic carbocycles. The molecule has 0 amide bonds. The molecule has 0 bridgehead atoms. The van der Waals surface area contributed by atoms with Gasteiger partial charge in [-0.05, 0) is 18.6 Å². The smallest absolute Gasteiger partial charge is 0.247 e. The Labute approximate surface area is 115 Å². The molecule has 0 fully saturated rings. The molecule has 0 unspecified atom stereocenters. The van der Waals surface area contributed by atoms with Crippen molar-refractivity contribution >= 4 is 5.82 Å². The molecule has 3 rings (SSSR count). The van der Waals surface area contributed by atoms with Gasteiger partial charge in [0.15, 0.2) is 11.6 Å². The van der Waals surface area contributed by atoms with E-state index in [1.165, 1.54) is 6.07 Å². The molecule has 100 valence electrons. The quantitative estimate of drug-likeness (QED) is 0.747. The van der Waals surface area contributed by atoms with Crippen molar-refractivity contribution in [2.45, 2.75) is 6.92 Å². The van der Waals surface area contributed by atoms with Gasteiger partial charge in [-0.1, -0.05) is 35.0 Å². The lowest BCUT2D eigenvalue weighted by Gasteiger charge is -2.03. The fraction of sp³-hybridized carbons (Fsp3) is 0.0667. The van der Waals surface area contributed by atoms with Gasteiger partial charge in [0.05, 0.1) is 5.56 Å². The highest BCUT2D eigenvalue weighted by molar-refractivity contribution is 5.86. The van der Waals surface area contributed by atoms with Crippen molar-refractivity contribution in [2.24, 2.45) is 0 Å². The third-order valence-corrected chi connectivity index (χ3v) is 3.11. The predicted octanol–water partition coefficient (Wildman–Crippen LogP) is 2.59. The van der Waals surface area contributed by atoms with Crippen molar-refractivity contribution in [3.8, 4) is 22.5 Å². The van der Waals surface area contributed by atoms with Crippen LogP contribution in [0.1, 0.15) is 5.56 Å². The van der Waals surface area contributed by atoms with Crippen LogP contribution in [0.2, 0.25) is 0 Å². The second-order valence-corrected chi connectivity index (χ2v) is 4.58. The average Bonchev–Trinajstić information content (AvgIpc) is 2.83. The molecule has 2 aromatic heterocycles. The van der Waals surface area contributed by atoms with Crippen LogP contribution in [0.25, 0.3) is 22.5 Å². The van der Waals surface area contributed by atoms with Gasteiger partial charge in [0.25, 0.3) is 0 Å². The highest BCUT2D eigenvalue weighted by Gasteiger charge is 2.17. The number of nitrogens with one attached hydrogen (secondary N) is 1. The van der Waals surface area contributed by atoms with Gasteiger partial charge in [-0.2, -0.15) is 0 Å². The van der Waals surface area contributed by atoms with E-state index in [1.54, 1.807) is 12.3 Å². The van der Waals surface area contributed by atoms with E-state index in [0.29, 0.717) is 11.6 Å². The monoisotopic (exact) mass is 267 g/mol. The Balaban J connectivity index is 2.16. The molecule has 0 atom stereocenters. The lowest BCUT2D eigenvalue weighted by atomic mass is 10.0. The molecule has 1 aromatic carbocycles. The van der Waals surface area contributed by atoms with Gasteiger partial charge in [0.1, 0.15) is 0 Å². The van der Waals surface area contributed by atoms with E-state index in [-0.39, 0.29) is 5.56 Å². The van der Waals surface area contributed by atoms with Crippen molar-refractivity contribution in [1.82, 2.24) is 10.1 Å².